The van der Waals surface area contributed by atoms with E-state index in [1.807, 2.05) is 13.8 Å². The van der Waals surface area contributed by atoms with Crippen molar-refractivity contribution in [2.24, 2.45) is 0 Å². The van der Waals surface area contributed by atoms with E-state index < -0.39 is 0 Å². The Labute approximate surface area is 53.9 Å². The standard InChI is InChI=1S/C6H8N3.Rf/c1-4-3-8-6(7)9-5(4)2;/h3H,1-2H3,(H-,7,8,9);/q-1;. The molecule has 0 saturated carbocycles. The van der Waals surface area contributed by atoms with Gasteiger partial charge in [-0.2, -0.15) is 0 Å². The summed E-state index contributed by atoms with van der Waals surface area (Å²) in [6.07, 6.45) is 1.66. The van der Waals surface area contributed by atoms with E-state index in [2.05, 4.69) is 9.97 Å². The molecule has 0 bridgehead atoms. The Morgan fingerprint density at radius 3 is 2.40 bits per heavy atom. The third-order valence-electron chi connectivity index (χ3n) is 1.22. The second kappa shape index (κ2) is 2.44. The molecule has 0 unspecified atom stereocenters. The van der Waals surface area contributed by atoms with Crippen LogP contribution in [0.25, 0.3) is 5.73 Å². The van der Waals surface area contributed by atoms with Crippen molar-refractivity contribution in [2.75, 3.05) is 0 Å². The van der Waals surface area contributed by atoms with Crippen molar-refractivity contribution < 1.29 is 0 Å². The second-order valence-electron chi connectivity index (χ2n) is 1.96. The van der Waals surface area contributed by atoms with Crippen LogP contribution in [0.3, 0.4) is 0 Å². The molecule has 0 aliphatic rings. The molecule has 0 radical (unpaired) electrons. The van der Waals surface area contributed by atoms with E-state index in [-0.39, 0.29) is 5.95 Å². The predicted octanol–water partition coefficient (Wildman–Crippen LogP) is 1.78. The first-order valence-electron chi connectivity index (χ1n) is 2.72. The predicted molar refractivity (Wildman–Crippen MR) is 35.5 cm³/mol. The van der Waals surface area contributed by atoms with Gasteiger partial charge in [0.05, 0.1) is 0 Å². The third kappa shape index (κ3) is 1.18. The van der Waals surface area contributed by atoms with Crippen LogP contribution in [-0.4, -0.2) is 9.97 Å². The van der Waals surface area contributed by atoms with Crippen molar-refractivity contribution in [1.29, 1.82) is 0 Å². The summed E-state index contributed by atoms with van der Waals surface area (Å²) >= 11 is 0. The number of hydrogen-bond acceptors (Lipinski definition) is 2. The van der Waals surface area contributed by atoms with Crippen LogP contribution in [0.2, 0.25) is 0 Å². The molecule has 0 aliphatic carbocycles. The first kappa shape index (κ1) is 7.88. The molecule has 1 rings (SSSR count). The fraction of sp³-hybridized carbons (Fsp3) is 0.333. The number of nitrogens with one attached hydrogen (secondary N) is 1. The van der Waals surface area contributed by atoms with Gasteiger partial charge in [0.1, 0.15) is 0 Å². The molecule has 0 saturated heterocycles. The van der Waals surface area contributed by atoms with Crippen LogP contribution < -0.4 is 0 Å². The molecule has 1 aromatic heterocycles. The molecular weight excluding hydrogens is 381 g/mol. The fourth-order valence-corrected chi connectivity index (χ4v) is 0.527. The summed E-state index contributed by atoms with van der Waals surface area (Å²) in [4.78, 5) is 7.52. The number of aryl methyl sites for hydroxylation is 2. The van der Waals surface area contributed by atoms with Crippen molar-refractivity contribution in [3.8, 4) is 0 Å². The summed E-state index contributed by atoms with van der Waals surface area (Å²) in [7, 11) is 0. The number of aromatic nitrogens is 2. The van der Waals surface area contributed by atoms with Gasteiger partial charge in [-0.3, -0.25) is 0 Å². The molecule has 0 atom stereocenters. The van der Waals surface area contributed by atoms with E-state index in [1.54, 1.807) is 6.20 Å². The normalized spacial score (nSPS) is 8.60. The van der Waals surface area contributed by atoms with E-state index in [9.17, 15) is 0 Å². The van der Waals surface area contributed by atoms with Gasteiger partial charge >= 0.3 is 0 Å². The first-order valence-corrected chi connectivity index (χ1v) is 2.72. The Bertz CT molecular complexity index is 224. The summed E-state index contributed by atoms with van der Waals surface area (Å²) in [5, 5.41) is 0. The van der Waals surface area contributed by atoms with Crippen LogP contribution in [0.5, 0.6) is 0 Å². The minimum Gasteiger partial charge on any atom is -0.410 e. The summed E-state index contributed by atoms with van der Waals surface area (Å²) < 4.78 is 0. The average Bonchev–Trinajstić information content (AvgIpc) is 1.80. The zero-order valence-electron chi connectivity index (χ0n) is 6.18. The molecule has 3 nitrogen and oxygen atoms in total. The van der Waals surface area contributed by atoms with Gasteiger partial charge in [0, 0.05) is 5.95 Å². The molecule has 1 heterocycles. The smallest absolute Gasteiger partial charge is 0.0202 e. The summed E-state index contributed by atoms with van der Waals surface area (Å²) in [6.45, 7) is 3.80. The zero-order valence-corrected chi connectivity index (χ0v) is 12.6. The molecule has 10 heavy (non-hydrogen) atoms. The van der Waals surface area contributed by atoms with E-state index >= 15 is 0 Å². The topological polar surface area (TPSA) is 49.6 Å². The largest absolute Gasteiger partial charge is 0.410 e. The minimum absolute atomic E-state index is 0. The van der Waals surface area contributed by atoms with E-state index in [1.165, 1.54) is 0 Å². The fourth-order valence-electron chi connectivity index (χ4n) is 0.527. The van der Waals surface area contributed by atoms with Crippen molar-refractivity contribution in [3.63, 3.8) is 0 Å². The molecule has 0 amide bonds. The molecule has 1 N–H and O–H groups in total. The molecule has 0 fully saturated rings. The Kier molecular flexibility index (Phi) is 1.92. The Balaban J connectivity index is 0.000000810. The van der Waals surface area contributed by atoms with Crippen LogP contribution in [-0.2, 0) is 0 Å². The van der Waals surface area contributed by atoms with Crippen LogP contribution in [0.1, 0.15) is 11.3 Å². The SMILES string of the molecule is Cc1cnc([NH-])nc1C.[Rf]. The van der Waals surface area contributed by atoms with E-state index in [0.29, 0.717) is 0 Å². The first-order chi connectivity index (χ1) is 4.20. The van der Waals surface area contributed by atoms with Crippen molar-refractivity contribution >= 4 is 5.95 Å². The maximum atomic E-state index is 7.01. The van der Waals surface area contributed by atoms with Crippen LogP contribution >= 0.6 is 0 Å². The van der Waals surface area contributed by atoms with Crippen molar-refractivity contribution in [1.82, 2.24) is 9.97 Å². The second-order valence-corrected chi connectivity index (χ2v) is 1.96. The van der Waals surface area contributed by atoms with Gasteiger partial charge in [0.2, 0.25) is 0 Å². The van der Waals surface area contributed by atoms with E-state index in [4.69, 9.17) is 5.73 Å². The molecule has 0 aliphatic heterocycles. The monoisotopic (exact) mass is 389 g/mol. The van der Waals surface area contributed by atoms with E-state index in [0.717, 1.165) is 11.3 Å². The third-order valence-corrected chi connectivity index (χ3v) is 1.22. The summed E-state index contributed by atoms with van der Waals surface area (Å²) in [5.74, 6) is 0.0955. The van der Waals surface area contributed by atoms with Gasteiger partial charge in [-0.05, 0) is 31.3 Å². The van der Waals surface area contributed by atoms with Crippen LogP contribution in [0.4, 0.5) is 5.95 Å². The maximum absolute atomic E-state index is 7.01. The quantitative estimate of drug-likeness (QED) is 0.680. The molecule has 4 heteroatoms. The van der Waals surface area contributed by atoms with Crippen LogP contribution in [0, 0.1) is 13.8 Å². The van der Waals surface area contributed by atoms with Gasteiger partial charge in [-0.25, -0.2) is 0 Å². The zero-order chi connectivity index (χ0) is 6.85. The summed E-state index contributed by atoms with van der Waals surface area (Å²) in [5.41, 5.74) is 8.93. The molecule has 0 spiro atoms. The molecule has 1 aromatic rings. The number of rotatable bonds is 0. The maximum Gasteiger partial charge on any atom is 0.0202 e. The van der Waals surface area contributed by atoms with Gasteiger partial charge in [0.25, 0.3) is 0 Å². The Hall–Kier alpha value is -2.12. The van der Waals surface area contributed by atoms with Gasteiger partial charge < -0.3 is 15.7 Å². The Morgan fingerprint density at radius 1 is 1.40 bits per heavy atom. The molecule has 0 aromatic carbocycles. The number of nitrogens with zero attached hydrogens (tertiary/aromatic N) is 2. The number of hydrogen-bond donors (Lipinski definition) is 0. The van der Waals surface area contributed by atoms with Crippen molar-refractivity contribution in [3.05, 3.63) is 23.2 Å². The van der Waals surface area contributed by atoms with Gasteiger partial charge in [-0.15, -0.1) is 0 Å². The molecular formula is C6H8N3Rf-. The average molecular weight is 389 g/mol. The molecule has 50 valence electrons. The Morgan fingerprint density at radius 2 is 2.00 bits per heavy atom. The van der Waals surface area contributed by atoms with Gasteiger partial charge in [-0.1, -0.05) is 0 Å². The van der Waals surface area contributed by atoms with Crippen molar-refractivity contribution in [2.45, 2.75) is 13.8 Å². The summed E-state index contributed by atoms with van der Waals surface area (Å²) in [6, 6.07) is 0. The minimum atomic E-state index is 0. The van der Waals surface area contributed by atoms with Gasteiger partial charge in [0.15, 0.2) is 0 Å². The van der Waals surface area contributed by atoms with Crippen LogP contribution in [0.15, 0.2) is 6.20 Å².